The standard InChI is InChI=1S/C19H13BrF5NO3/c1-9(10-4-6-11(20)7-5-10)3-8-12(27)26(2)29-19(28)13-14(21)16(23)18(25)17(24)15(13)22/h4-7H,1,3,8H2,2H3. The van der Waals surface area contributed by atoms with Gasteiger partial charge in [0, 0.05) is 17.9 Å². The molecule has 0 unspecified atom stereocenters. The topological polar surface area (TPSA) is 46.6 Å². The number of carbonyl (C=O) groups excluding carboxylic acids is 2. The van der Waals surface area contributed by atoms with E-state index in [1.807, 2.05) is 0 Å². The summed E-state index contributed by atoms with van der Waals surface area (Å²) in [4.78, 5) is 28.3. The second kappa shape index (κ2) is 9.17. The van der Waals surface area contributed by atoms with Gasteiger partial charge in [0.15, 0.2) is 23.3 Å². The molecule has 0 saturated carbocycles. The highest BCUT2D eigenvalue weighted by Gasteiger charge is 2.32. The Labute approximate surface area is 170 Å². The van der Waals surface area contributed by atoms with Crippen LogP contribution in [0.4, 0.5) is 22.0 Å². The maximum atomic E-state index is 13.6. The number of allylic oxidation sites excluding steroid dienone is 1. The van der Waals surface area contributed by atoms with Crippen molar-refractivity contribution in [3.05, 3.63) is 75.5 Å². The second-order valence-corrected chi connectivity index (χ2v) is 6.74. The third-order valence-electron chi connectivity index (χ3n) is 3.88. The van der Waals surface area contributed by atoms with Crippen LogP contribution in [-0.2, 0) is 9.63 Å². The molecule has 2 aromatic carbocycles. The molecule has 0 saturated heterocycles. The zero-order chi connectivity index (χ0) is 21.9. The minimum atomic E-state index is -2.41. The van der Waals surface area contributed by atoms with Gasteiger partial charge in [0.05, 0.1) is 0 Å². The van der Waals surface area contributed by atoms with E-state index in [1.54, 1.807) is 24.3 Å². The lowest BCUT2D eigenvalue weighted by Crippen LogP contribution is -2.31. The van der Waals surface area contributed by atoms with Crippen LogP contribution in [0.25, 0.3) is 5.57 Å². The van der Waals surface area contributed by atoms with E-state index in [1.165, 1.54) is 0 Å². The number of hydrogen-bond donors (Lipinski definition) is 0. The summed E-state index contributed by atoms with van der Waals surface area (Å²) in [7, 11) is 0.967. The largest absolute Gasteiger partial charge is 0.369 e. The molecule has 0 aromatic heterocycles. The van der Waals surface area contributed by atoms with Gasteiger partial charge < -0.3 is 4.84 Å². The van der Waals surface area contributed by atoms with E-state index < -0.39 is 46.5 Å². The van der Waals surface area contributed by atoms with E-state index in [-0.39, 0.29) is 12.8 Å². The van der Waals surface area contributed by atoms with Gasteiger partial charge in [-0.3, -0.25) is 4.79 Å². The van der Waals surface area contributed by atoms with Crippen molar-refractivity contribution in [2.45, 2.75) is 12.8 Å². The second-order valence-electron chi connectivity index (χ2n) is 5.83. The molecule has 0 radical (unpaired) electrons. The third-order valence-corrected chi connectivity index (χ3v) is 4.41. The first-order chi connectivity index (χ1) is 13.5. The average molecular weight is 478 g/mol. The van der Waals surface area contributed by atoms with Crippen LogP contribution < -0.4 is 0 Å². The Kier molecular flexibility index (Phi) is 7.12. The number of rotatable bonds is 5. The summed E-state index contributed by atoms with van der Waals surface area (Å²) < 4.78 is 67.5. The van der Waals surface area contributed by atoms with Gasteiger partial charge in [0.2, 0.25) is 5.82 Å². The molecule has 1 amide bonds. The molecule has 0 aliphatic rings. The van der Waals surface area contributed by atoms with Crippen LogP contribution in [0.2, 0.25) is 0 Å². The first-order valence-electron chi connectivity index (χ1n) is 7.98. The molecule has 0 heterocycles. The van der Waals surface area contributed by atoms with Gasteiger partial charge in [0.25, 0.3) is 5.91 Å². The first-order valence-corrected chi connectivity index (χ1v) is 8.77. The number of amides is 1. The number of carbonyl (C=O) groups is 2. The number of hydrogen-bond acceptors (Lipinski definition) is 3. The van der Waals surface area contributed by atoms with Crippen LogP contribution in [-0.4, -0.2) is 24.0 Å². The Balaban J connectivity index is 2.03. The van der Waals surface area contributed by atoms with E-state index in [0.29, 0.717) is 10.6 Å². The fourth-order valence-corrected chi connectivity index (χ4v) is 2.51. The highest BCUT2D eigenvalue weighted by molar-refractivity contribution is 9.10. The monoisotopic (exact) mass is 477 g/mol. The van der Waals surface area contributed by atoms with Crippen LogP contribution >= 0.6 is 15.9 Å². The van der Waals surface area contributed by atoms with Crippen LogP contribution in [0, 0.1) is 29.1 Å². The highest BCUT2D eigenvalue weighted by atomic mass is 79.9. The molecule has 2 aromatic rings. The number of halogens is 6. The minimum Gasteiger partial charge on any atom is -0.333 e. The van der Waals surface area contributed by atoms with Gasteiger partial charge in [-0.2, -0.15) is 5.06 Å². The van der Waals surface area contributed by atoms with Gasteiger partial charge in [-0.15, -0.1) is 0 Å². The lowest BCUT2D eigenvalue weighted by atomic mass is 10.0. The number of nitrogens with zero attached hydrogens (tertiary/aromatic N) is 1. The van der Waals surface area contributed by atoms with Crippen molar-refractivity contribution < 1.29 is 36.4 Å². The van der Waals surface area contributed by atoms with Crippen LogP contribution in [0.15, 0.2) is 35.3 Å². The number of hydroxylamine groups is 2. The maximum absolute atomic E-state index is 13.6. The summed E-state index contributed by atoms with van der Waals surface area (Å²) in [6.07, 6.45) is -0.0132. The summed E-state index contributed by atoms with van der Waals surface area (Å²) in [5.74, 6) is -14.4. The molecule has 0 bridgehead atoms. The zero-order valence-electron chi connectivity index (χ0n) is 14.9. The lowest BCUT2D eigenvalue weighted by molar-refractivity contribution is -0.161. The quantitative estimate of drug-likeness (QED) is 0.258. The van der Waals surface area contributed by atoms with Gasteiger partial charge in [-0.05, 0) is 29.7 Å². The van der Waals surface area contributed by atoms with E-state index in [0.717, 1.165) is 17.1 Å². The molecular weight excluding hydrogens is 465 g/mol. The van der Waals surface area contributed by atoms with Crippen molar-refractivity contribution in [3.63, 3.8) is 0 Å². The Morgan fingerprint density at radius 3 is 1.93 bits per heavy atom. The fraction of sp³-hybridized carbons (Fsp3) is 0.158. The third kappa shape index (κ3) is 5.00. The molecule has 29 heavy (non-hydrogen) atoms. The summed E-state index contributed by atoms with van der Waals surface area (Å²) in [6, 6.07) is 7.09. The van der Waals surface area contributed by atoms with Crippen molar-refractivity contribution in [3.8, 4) is 0 Å². The highest BCUT2D eigenvalue weighted by Crippen LogP contribution is 2.24. The number of benzene rings is 2. The van der Waals surface area contributed by atoms with Crippen molar-refractivity contribution in [2.75, 3.05) is 7.05 Å². The van der Waals surface area contributed by atoms with Crippen molar-refractivity contribution in [2.24, 2.45) is 0 Å². The van der Waals surface area contributed by atoms with Crippen LogP contribution in [0.3, 0.4) is 0 Å². The summed E-state index contributed by atoms with van der Waals surface area (Å²) in [5, 5.41) is 0.356. The van der Waals surface area contributed by atoms with E-state index in [4.69, 9.17) is 0 Å². The zero-order valence-corrected chi connectivity index (χ0v) is 16.5. The Morgan fingerprint density at radius 2 is 1.41 bits per heavy atom. The van der Waals surface area contributed by atoms with Gasteiger partial charge in [-0.25, -0.2) is 26.7 Å². The molecule has 0 aliphatic heterocycles. The van der Waals surface area contributed by atoms with Crippen LogP contribution in [0.1, 0.15) is 28.8 Å². The molecule has 4 nitrogen and oxygen atoms in total. The molecule has 154 valence electrons. The summed E-state index contributed by atoms with van der Waals surface area (Å²) >= 11 is 3.28. The van der Waals surface area contributed by atoms with Crippen molar-refractivity contribution in [1.29, 1.82) is 0 Å². The molecule has 0 spiro atoms. The molecule has 0 atom stereocenters. The average Bonchev–Trinajstić information content (AvgIpc) is 2.69. The molecular formula is C19H13BrF5NO3. The van der Waals surface area contributed by atoms with E-state index in [2.05, 4.69) is 27.3 Å². The summed E-state index contributed by atoms with van der Waals surface area (Å²) in [6.45, 7) is 3.83. The maximum Gasteiger partial charge on any atom is 0.369 e. The Bertz CT molecular complexity index is 950. The predicted molar refractivity (Wildman–Crippen MR) is 96.8 cm³/mol. The molecule has 10 heteroatoms. The normalized spacial score (nSPS) is 10.6. The van der Waals surface area contributed by atoms with E-state index in [9.17, 15) is 31.5 Å². The summed E-state index contributed by atoms with van der Waals surface area (Å²) in [5.41, 5.74) is -0.423. The minimum absolute atomic E-state index is 0.172. The van der Waals surface area contributed by atoms with E-state index >= 15 is 0 Å². The molecule has 0 fully saturated rings. The van der Waals surface area contributed by atoms with Crippen molar-refractivity contribution in [1.82, 2.24) is 5.06 Å². The molecule has 2 rings (SSSR count). The predicted octanol–water partition coefficient (Wildman–Crippen LogP) is 5.17. The van der Waals surface area contributed by atoms with Gasteiger partial charge >= 0.3 is 5.97 Å². The molecule has 0 N–H and O–H groups in total. The first kappa shape index (κ1) is 22.5. The Morgan fingerprint density at radius 1 is 0.931 bits per heavy atom. The lowest BCUT2D eigenvalue weighted by Gasteiger charge is -2.17. The fourth-order valence-electron chi connectivity index (χ4n) is 2.25. The van der Waals surface area contributed by atoms with Gasteiger partial charge in [-0.1, -0.05) is 34.6 Å². The Hall–Kier alpha value is -2.75. The van der Waals surface area contributed by atoms with Crippen molar-refractivity contribution >= 4 is 33.4 Å². The molecule has 0 aliphatic carbocycles. The smallest absolute Gasteiger partial charge is 0.333 e. The SMILES string of the molecule is C=C(CCC(=O)N(C)OC(=O)c1c(F)c(F)c(F)c(F)c1F)c1ccc(Br)cc1. The van der Waals surface area contributed by atoms with Crippen LogP contribution in [0.5, 0.6) is 0 Å². The van der Waals surface area contributed by atoms with Gasteiger partial charge in [0.1, 0.15) is 5.56 Å².